The lowest BCUT2D eigenvalue weighted by Gasteiger charge is -2.20. The fourth-order valence-electron chi connectivity index (χ4n) is 2.08. The van der Waals surface area contributed by atoms with E-state index in [-0.39, 0.29) is 18.1 Å². The van der Waals surface area contributed by atoms with Crippen LogP contribution in [0.25, 0.3) is 0 Å². The predicted octanol–water partition coefficient (Wildman–Crippen LogP) is 2.58. The number of cyclic esters (lactones) is 1. The molecule has 3 nitrogen and oxygen atoms in total. The van der Waals surface area contributed by atoms with E-state index in [1.165, 1.54) is 5.56 Å². The molecule has 17 heavy (non-hydrogen) atoms. The van der Waals surface area contributed by atoms with Gasteiger partial charge in [0.25, 0.3) is 0 Å². The van der Waals surface area contributed by atoms with Crippen LogP contribution in [0, 0.1) is 0 Å². The Morgan fingerprint density at radius 3 is 2.59 bits per heavy atom. The molecule has 4 heteroatoms. The molecule has 92 valence electrons. The summed E-state index contributed by atoms with van der Waals surface area (Å²) >= 11 is 3.41. The predicted molar refractivity (Wildman–Crippen MR) is 69.6 cm³/mol. The number of esters is 1. The van der Waals surface area contributed by atoms with Gasteiger partial charge in [-0.2, -0.15) is 0 Å². The normalized spacial score (nSPS) is 24.1. The van der Waals surface area contributed by atoms with Gasteiger partial charge in [0.1, 0.15) is 12.1 Å². The van der Waals surface area contributed by atoms with Gasteiger partial charge in [0.15, 0.2) is 0 Å². The minimum Gasteiger partial charge on any atom is -0.461 e. The lowest BCUT2D eigenvalue weighted by molar-refractivity contribution is -0.144. The Morgan fingerprint density at radius 1 is 1.41 bits per heavy atom. The fourth-order valence-corrected chi connectivity index (χ4v) is 2.35. The Morgan fingerprint density at radius 2 is 2.06 bits per heavy atom. The summed E-state index contributed by atoms with van der Waals surface area (Å²) in [5, 5.41) is 0. The van der Waals surface area contributed by atoms with Gasteiger partial charge in [0, 0.05) is 17.4 Å². The Hall–Kier alpha value is -0.870. The average molecular weight is 298 g/mol. The van der Waals surface area contributed by atoms with Crippen molar-refractivity contribution in [2.45, 2.75) is 32.0 Å². The van der Waals surface area contributed by atoms with Gasteiger partial charge in [-0.05, 0) is 31.7 Å². The van der Waals surface area contributed by atoms with Gasteiger partial charge in [-0.3, -0.25) is 9.69 Å². The van der Waals surface area contributed by atoms with Crippen molar-refractivity contribution in [3.63, 3.8) is 0 Å². The number of benzene rings is 1. The molecule has 1 fully saturated rings. The highest BCUT2D eigenvalue weighted by atomic mass is 79.9. The number of hydrogen-bond acceptors (Lipinski definition) is 3. The maximum absolute atomic E-state index is 11.6. The van der Waals surface area contributed by atoms with Crippen molar-refractivity contribution in [3.05, 3.63) is 34.3 Å². The van der Waals surface area contributed by atoms with Gasteiger partial charge in [-0.15, -0.1) is 0 Å². The van der Waals surface area contributed by atoms with Crippen LogP contribution in [-0.2, 0) is 16.1 Å². The van der Waals surface area contributed by atoms with Gasteiger partial charge in [0.05, 0.1) is 0 Å². The number of likely N-dealkylation sites (N-methyl/N-ethyl adjacent to an activating group) is 1. The summed E-state index contributed by atoms with van der Waals surface area (Å²) in [6.45, 7) is 2.70. The molecule has 0 aliphatic carbocycles. The molecule has 0 bridgehead atoms. The third-order valence-electron chi connectivity index (χ3n) is 3.02. The average Bonchev–Trinajstić information content (AvgIpc) is 2.61. The molecular weight excluding hydrogens is 282 g/mol. The lowest BCUT2D eigenvalue weighted by atomic mass is 10.1. The standard InChI is InChI=1S/C13H16BrNO2/c1-9-7-12(13(16)17-9)15(2)8-10-3-5-11(14)6-4-10/h3-6,9,12H,7-8H2,1-2H3/t9-,12-/m1/s1. The van der Waals surface area contributed by atoms with E-state index in [1.54, 1.807) is 0 Å². The molecule has 1 aromatic rings. The number of rotatable bonds is 3. The minimum absolute atomic E-state index is 0.0415. The van der Waals surface area contributed by atoms with E-state index in [4.69, 9.17) is 4.74 Å². The molecular formula is C13H16BrNO2. The number of hydrogen-bond donors (Lipinski definition) is 0. The van der Waals surface area contributed by atoms with Crippen molar-refractivity contribution >= 4 is 21.9 Å². The molecule has 0 saturated carbocycles. The van der Waals surface area contributed by atoms with Crippen molar-refractivity contribution in [1.82, 2.24) is 4.90 Å². The largest absolute Gasteiger partial charge is 0.461 e. The molecule has 1 aliphatic rings. The van der Waals surface area contributed by atoms with E-state index in [0.717, 1.165) is 17.4 Å². The smallest absolute Gasteiger partial charge is 0.323 e. The zero-order chi connectivity index (χ0) is 12.4. The molecule has 0 spiro atoms. The van der Waals surface area contributed by atoms with Crippen LogP contribution in [0.15, 0.2) is 28.7 Å². The topological polar surface area (TPSA) is 29.5 Å². The van der Waals surface area contributed by atoms with E-state index in [2.05, 4.69) is 33.0 Å². The summed E-state index contributed by atoms with van der Waals surface area (Å²) < 4.78 is 6.23. The van der Waals surface area contributed by atoms with Gasteiger partial charge < -0.3 is 4.74 Å². The highest BCUT2D eigenvalue weighted by Crippen LogP contribution is 2.20. The highest BCUT2D eigenvalue weighted by molar-refractivity contribution is 9.10. The number of ether oxygens (including phenoxy) is 1. The quantitative estimate of drug-likeness (QED) is 0.803. The van der Waals surface area contributed by atoms with Crippen molar-refractivity contribution in [1.29, 1.82) is 0 Å². The van der Waals surface area contributed by atoms with Crippen molar-refractivity contribution in [2.75, 3.05) is 7.05 Å². The van der Waals surface area contributed by atoms with Crippen LogP contribution in [0.5, 0.6) is 0 Å². The summed E-state index contributed by atoms with van der Waals surface area (Å²) in [6.07, 6.45) is 0.825. The summed E-state index contributed by atoms with van der Waals surface area (Å²) in [5.41, 5.74) is 1.20. The molecule has 2 atom stereocenters. The zero-order valence-corrected chi connectivity index (χ0v) is 11.6. The Labute approximate surface area is 110 Å². The van der Waals surface area contributed by atoms with Gasteiger partial charge in [-0.25, -0.2) is 0 Å². The third kappa shape index (κ3) is 3.07. The van der Waals surface area contributed by atoms with E-state index in [1.807, 2.05) is 26.1 Å². The zero-order valence-electron chi connectivity index (χ0n) is 10.0. The van der Waals surface area contributed by atoms with E-state index in [0.29, 0.717) is 0 Å². The van der Waals surface area contributed by atoms with Crippen LogP contribution in [0.2, 0.25) is 0 Å². The van der Waals surface area contributed by atoms with Crippen molar-refractivity contribution < 1.29 is 9.53 Å². The first kappa shape index (κ1) is 12.6. The second-order valence-corrected chi connectivity index (χ2v) is 5.46. The first-order valence-electron chi connectivity index (χ1n) is 5.71. The fraction of sp³-hybridized carbons (Fsp3) is 0.462. The van der Waals surface area contributed by atoms with Crippen LogP contribution < -0.4 is 0 Å². The summed E-state index contributed by atoms with van der Waals surface area (Å²) in [5.74, 6) is -0.0999. The molecule has 0 unspecified atom stereocenters. The van der Waals surface area contributed by atoms with E-state index >= 15 is 0 Å². The van der Waals surface area contributed by atoms with Crippen LogP contribution in [-0.4, -0.2) is 30.1 Å². The Bertz CT molecular complexity index is 404. The molecule has 1 aliphatic heterocycles. The molecule has 0 aromatic heterocycles. The first-order valence-corrected chi connectivity index (χ1v) is 6.51. The maximum atomic E-state index is 11.6. The van der Waals surface area contributed by atoms with Gasteiger partial charge in [0.2, 0.25) is 0 Å². The molecule has 0 amide bonds. The van der Waals surface area contributed by atoms with Gasteiger partial charge >= 0.3 is 5.97 Å². The van der Waals surface area contributed by atoms with Gasteiger partial charge in [-0.1, -0.05) is 28.1 Å². The summed E-state index contributed by atoms with van der Waals surface area (Å²) in [6, 6.07) is 8.04. The molecule has 2 rings (SSSR count). The number of halogens is 1. The number of carbonyl (C=O) groups is 1. The SMILES string of the molecule is C[C@@H]1C[C@@H](N(C)Cc2ccc(Br)cc2)C(=O)O1. The van der Waals surface area contributed by atoms with Crippen molar-refractivity contribution in [2.24, 2.45) is 0 Å². The van der Waals surface area contributed by atoms with Crippen LogP contribution in [0.1, 0.15) is 18.9 Å². The van der Waals surface area contributed by atoms with Crippen LogP contribution in [0.4, 0.5) is 0 Å². The third-order valence-corrected chi connectivity index (χ3v) is 3.55. The minimum atomic E-state index is -0.103. The monoisotopic (exact) mass is 297 g/mol. The number of nitrogens with zero attached hydrogens (tertiary/aromatic N) is 1. The molecule has 1 saturated heterocycles. The first-order chi connectivity index (χ1) is 8.06. The molecule has 0 N–H and O–H groups in total. The molecule has 1 heterocycles. The lowest BCUT2D eigenvalue weighted by Crippen LogP contribution is -2.34. The Balaban J connectivity index is 1.99. The second kappa shape index (κ2) is 5.19. The molecule has 1 aromatic carbocycles. The maximum Gasteiger partial charge on any atom is 0.323 e. The second-order valence-electron chi connectivity index (χ2n) is 4.54. The summed E-state index contributed by atoms with van der Waals surface area (Å²) in [7, 11) is 1.96. The van der Waals surface area contributed by atoms with E-state index in [9.17, 15) is 4.79 Å². The Kier molecular flexibility index (Phi) is 3.84. The molecule has 0 radical (unpaired) electrons. The summed E-state index contributed by atoms with van der Waals surface area (Å²) in [4.78, 5) is 13.6. The van der Waals surface area contributed by atoms with Crippen LogP contribution in [0.3, 0.4) is 0 Å². The van der Waals surface area contributed by atoms with E-state index < -0.39 is 0 Å². The van der Waals surface area contributed by atoms with Crippen molar-refractivity contribution in [3.8, 4) is 0 Å². The van der Waals surface area contributed by atoms with Crippen LogP contribution >= 0.6 is 15.9 Å². The highest BCUT2D eigenvalue weighted by Gasteiger charge is 2.34. The number of carbonyl (C=O) groups excluding carboxylic acids is 1.